The van der Waals surface area contributed by atoms with E-state index in [4.69, 9.17) is 4.74 Å². The van der Waals surface area contributed by atoms with E-state index in [1.807, 2.05) is 25.7 Å². The molecule has 1 aliphatic heterocycles. The second kappa shape index (κ2) is 8.05. The minimum atomic E-state index is -0.519. The van der Waals surface area contributed by atoms with E-state index in [9.17, 15) is 9.59 Å². The fraction of sp³-hybridized carbons (Fsp3) is 0.625. The quantitative estimate of drug-likeness (QED) is 0.863. The summed E-state index contributed by atoms with van der Waals surface area (Å²) in [7, 11) is 0. The first kappa shape index (κ1) is 18.1. The topological polar surface area (TPSA) is 96.5 Å². The highest BCUT2D eigenvalue weighted by molar-refractivity contribution is 5.91. The van der Waals surface area contributed by atoms with Gasteiger partial charge in [0.05, 0.1) is 12.7 Å². The Morgan fingerprint density at radius 1 is 1.38 bits per heavy atom. The molecule has 0 aromatic carbocycles. The van der Waals surface area contributed by atoms with Crippen molar-refractivity contribution in [2.45, 2.75) is 45.3 Å². The monoisotopic (exact) mass is 335 g/mol. The van der Waals surface area contributed by atoms with E-state index < -0.39 is 11.7 Å². The van der Waals surface area contributed by atoms with Crippen molar-refractivity contribution in [3.8, 4) is 0 Å². The van der Waals surface area contributed by atoms with E-state index in [-0.39, 0.29) is 18.5 Å². The Morgan fingerprint density at radius 2 is 2.17 bits per heavy atom. The van der Waals surface area contributed by atoms with Gasteiger partial charge >= 0.3 is 6.09 Å². The summed E-state index contributed by atoms with van der Waals surface area (Å²) in [6.07, 6.45) is 5.95. The number of amides is 2. The number of nitrogens with zero attached hydrogens (tertiary/aromatic N) is 3. The summed E-state index contributed by atoms with van der Waals surface area (Å²) < 4.78 is 5.27. The van der Waals surface area contributed by atoms with E-state index in [2.05, 4.69) is 20.6 Å². The van der Waals surface area contributed by atoms with Crippen molar-refractivity contribution in [3.05, 3.63) is 18.6 Å². The molecule has 8 nitrogen and oxygen atoms in total. The van der Waals surface area contributed by atoms with E-state index in [1.165, 1.54) is 12.4 Å². The zero-order chi connectivity index (χ0) is 17.6. The van der Waals surface area contributed by atoms with Crippen LogP contribution in [-0.4, -0.2) is 58.1 Å². The first-order valence-electron chi connectivity index (χ1n) is 8.09. The van der Waals surface area contributed by atoms with Crippen LogP contribution in [-0.2, 0) is 9.53 Å². The third-order valence-electron chi connectivity index (χ3n) is 3.42. The molecular weight excluding hydrogens is 310 g/mol. The van der Waals surface area contributed by atoms with E-state index in [1.54, 1.807) is 6.20 Å². The van der Waals surface area contributed by atoms with Crippen LogP contribution in [0.1, 0.15) is 33.6 Å². The van der Waals surface area contributed by atoms with E-state index in [0.29, 0.717) is 12.4 Å². The Bertz CT molecular complexity index is 559. The number of likely N-dealkylation sites (tertiary alicyclic amines) is 1. The summed E-state index contributed by atoms with van der Waals surface area (Å²) in [5.41, 5.74) is -0.519. The van der Waals surface area contributed by atoms with Gasteiger partial charge < -0.3 is 15.4 Å². The largest absolute Gasteiger partial charge is 0.444 e. The molecule has 2 rings (SSSR count). The Balaban J connectivity index is 1.78. The van der Waals surface area contributed by atoms with Gasteiger partial charge in [0.15, 0.2) is 5.82 Å². The summed E-state index contributed by atoms with van der Waals surface area (Å²) >= 11 is 0. The van der Waals surface area contributed by atoms with Crippen molar-refractivity contribution in [2.75, 3.05) is 25.0 Å². The lowest BCUT2D eigenvalue weighted by molar-refractivity contribution is -0.117. The van der Waals surface area contributed by atoms with E-state index >= 15 is 0 Å². The van der Waals surface area contributed by atoms with Crippen molar-refractivity contribution in [1.29, 1.82) is 0 Å². The molecule has 2 amide bonds. The van der Waals surface area contributed by atoms with Crippen LogP contribution in [0.25, 0.3) is 0 Å². The van der Waals surface area contributed by atoms with Gasteiger partial charge in [0.25, 0.3) is 0 Å². The molecule has 1 aliphatic rings. The molecule has 132 valence electrons. The van der Waals surface area contributed by atoms with Gasteiger partial charge in [-0.2, -0.15) is 0 Å². The second-order valence-electron chi connectivity index (χ2n) is 6.86. The molecule has 0 aliphatic carbocycles. The molecule has 0 saturated carbocycles. The van der Waals surface area contributed by atoms with Crippen LogP contribution in [0, 0.1) is 0 Å². The normalized spacial score (nSPS) is 18.7. The van der Waals surface area contributed by atoms with Crippen molar-refractivity contribution < 1.29 is 14.3 Å². The Labute approximate surface area is 142 Å². The van der Waals surface area contributed by atoms with Gasteiger partial charge in [0, 0.05) is 25.0 Å². The van der Waals surface area contributed by atoms with Gasteiger partial charge in [-0.15, -0.1) is 0 Å². The highest BCUT2D eigenvalue weighted by Crippen LogP contribution is 2.12. The number of alkyl carbamates (subject to hydrolysis) is 1. The smallest absolute Gasteiger partial charge is 0.407 e. The van der Waals surface area contributed by atoms with Crippen molar-refractivity contribution in [1.82, 2.24) is 20.2 Å². The second-order valence-corrected chi connectivity index (χ2v) is 6.86. The van der Waals surface area contributed by atoms with Gasteiger partial charge in [-0.25, -0.2) is 9.78 Å². The van der Waals surface area contributed by atoms with Crippen LogP contribution >= 0.6 is 0 Å². The van der Waals surface area contributed by atoms with Gasteiger partial charge in [-0.3, -0.25) is 14.7 Å². The van der Waals surface area contributed by atoms with Crippen LogP contribution < -0.4 is 10.6 Å². The molecule has 1 atom stereocenters. The maximum absolute atomic E-state index is 12.1. The number of anilines is 1. The third kappa shape index (κ3) is 6.49. The predicted molar refractivity (Wildman–Crippen MR) is 89.5 cm³/mol. The number of piperidine rings is 1. The maximum atomic E-state index is 12.1. The minimum absolute atomic E-state index is 0.0158. The molecule has 0 bridgehead atoms. The number of hydrogen-bond acceptors (Lipinski definition) is 6. The standard InChI is InChI=1S/C16H25N5O3/c1-16(2,3)24-15(23)19-12-5-4-8-21(10-12)11-14(22)20-13-9-17-6-7-18-13/h6-7,9,12H,4-5,8,10-11H2,1-3H3,(H,19,23)(H,18,20,22)/t12-/m0/s1. The van der Waals surface area contributed by atoms with Gasteiger partial charge in [-0.1, -0.05) is 0 Å². The summed E-state index contributed by atoms with van der Waals surface area (Å²) in [4.78, 5) is 33.8. The SMILES string of the molecule is CC(C)(C)OC(=O)N[C@H]1CCCN(CC(=O)Nc2cnccn2)C1. The minimum Gasteiger partial charge on any atom is -0.444 e. The molecular formula is C16H25N5O3. The highest BCUT2D eigenvalue weighted by Gasteiger charge is 2.25. The fourth-order valence-corrected chi connectivity index (χ4v) is 2.54. The van der Waals surface area contributed by atoms with Crippen molar-refractivity contribution in [3.63, 3.8) is 0 Å². The Morgan fingerprint density at radius 3 is 2.83 bits per heavy atom. The van der Waals surface area contributed by atoms with Crippen LogP contribution in [0.2, 0.25) is 0 Å². The third-order valence-corrected chi connectivity index (χ3v) is 3.42. The molecule has 2 N–H and O–H groups in total. The van der Waals surface area contributed by atoms with E-state index in [0.717, 1.165) is 19.4 Å². The summed E-state index contributed by atoms with van der Waals surface area (Å²) in [5.74, 6) is 0.288. The number of ether oxygens (including phenoxy) is 1. The van der Waals surface area contributed by atoms with Crippen LogP contribution in [0.15, 0.2) is 18.6 Å². The lowest BCUT2D eigenvalue weighted by Gasteiger charge is -2.33. The average Bonchev–Trinajstić information content (AvgIpc) is 2.46. The van der Waals surface area contributed by atoms with Crippen LogP contribution in [0.5, 0.6) is 0 Å². The van der Waals surface area contributed by atoms with Crippen molar-refractivity contribution >= 4 is 17.8 Å². The number of hydrogen-bond donors (Lipinski definition) is 2. The Hall–Kier alpha value is -2.22. The zero-order valence-electron chi connectivity index (χ0n) is 14.4. The number of aromatic nitrogens is 2. The summed E-state index contributed by atoms with van der Waals surface area (Å²) in [5, 5.41) is 5.58. The number of rotatable bonds is 4. The number of nitrogens with one attached hydrogen (secondary N) is 2. The molecule has 0 radical (unpaired) electrons. The fourth-order valence-electron chi connectivity index (χ4n) is 2.54. The molecule has 0 unspecified atom stereocenters. The molecule has 1 aromatic heterocycles. The predicted octanol–water partition coefficient (Wildman–Crippen LogP) is 1.40. The molecule has 1 fully saturated rings. The van der Waals surface area contributed by atoms with Gasteiger partial charge in [0.1, 0.15) is 5.60 Å². The molecule has 1 aromatic rings. The highest BCUT2D eigenvalue weighted by atomic mass is 16.6. The summed E-state index contributed by atoms with van der Waals surface area (Å²) in [6, 6.07) is -0.0158. The first-order chi connectivity index (χ1) is 11.3. The molecule has 8 heteroatoms. The lowest BCUT2D eigenvalue weighted by Crippen LogP contribution is -2.50. The van der Waals surface area contributed by atoms with Gasteiger partial charge in [-0.05, 0) is 40.2 Å². The molecule has 24 heavy (non-hydrogen) atoms. The lowest BCUT2D eigenvalue weighted by atomic mass is 10.1. The van der Waals surface area contributed by atoms with Crippen LogP contribution in [0.3, 0.4) is 0 Å². The first-order valence-corrected chi connectivity index (χ1v) is 8.09. The molecule has 0 spiro atoms. The molecule has 1 saturated heterocycles. The zero-order valence-corrected chi connectivity index (χ0v) is 14.4. The summed E-state index contributed by atoms with van der Waals surface area (Å²) in [6.45, 7) is 7.18. The van der Waals surface area contributed by atoms with Crippen molar-refractivity contribution in [2.24, 2.45) is 0 Å². The average molecular weight is 335 g/mol. The van der Waals surface area contributed by atoms with Crippen LogP contribution in [0.4, 0.5) is 10.6 Å². The number of carbonyl (C=O) groups excluding carboxylic acids is 2. The Kier molecular flexibility index (Phi) is 6.08. The van der Waals surface area contributed by atoms with Gasteiger partial charge in [0.2, 0.25) is 5.91 Å². The number of carbonyl (C=O) groups is 2. The maximum Gasteiger partial charge on any atom is 0.407 e. The molecule has 2 heterocycles.